The van der Waals surface area contributed by atoms with Crippen LogP contribution in [0.1, 0.15) is 10.4 Å². The van der Waals surface area contributed by atoms with Crippen molar-refractivity contribution in [3.63, 3.8) is 0 Å². The molecular weight excluding hydrogens is 179 g/mol. The minimum Gasteiger partial charge on any atom is -0.298 e. The monoisotopic (exact) mass is 188 g/mol. The zero-order chi connectivity index (χ0) is 9.26. The highest BCUT2D eigenvalue weighted by Crippen LogP contribution is 2.16. The third-order valence-electron chi connectivity index (χ3n) is 2.12. The number of hydrogen-bond donors (Lipinski definition) is 0. The van der Waals surface area contributed by atoms with E-state index in [1.807, 2.05) is 36.4 Å². The van der Waals surface area contributed by atoms with Gasteiger partial charge in [-0.05, 0) is 16.1 Å². The van der Waals surface area contributed by atoms with Crippen LogP contribution in [0.5, 0.6) is 0 Å². The number of aldehydes is 1. The van der Waals surface area contributed by atoms with Crippen molar-refractivity contribution in [1.29, 1.82) is 0 Å². The Morgan fingerprint density at radius 1 is 1.00 bits per heavy atom. The van der Waals surface area contributed by atoms with Crippen LogP contribution in [-0.4, -0.2) is 6.29 Å². The zero-order valence-corrected chi connectivity index (χ0v) is 8.18. The van der Waals surface area contributed by atoms with Gasteiger partial charge in [0.15, 0.2) is 6.29 Å². The molecule has 0 bridgehead atoms. The van der Waals surface area contributed by atoms with E-state index in [-0.39, 0.29) is 0 Å². The van der Waals surface area contributed by atoms with Crippen molar-refractivity contribution in [2.45, 2.75) is 0 Å². The molecule has 1 unspecified atom stereocenters. The van der Waals surface area contributed by atoms with Crippen molar-refractivity contribution < 1.29 is 4.79 Å². The van der Waals surface area contributed by atoms with E-state index in [2.05, 4.69) is 9.24 Å². The first kappa shape index (κ1) is 8.40. The molecule has 0 amide bonds. The lowest BCUT2D eigenvalue weighted by atomic mass is 10.1. The van der Waals surface area contributed by atoms with Gasteiger partial charge in [0.05, 0.1) is 0 Å². The fourth-order valence-electron chi connectivity index (χ4n) is 1.45. The summed E-state index contributed by atoms with van der Waals surface area (Å²) in [6, 6.07) is 11.7. The van der Waals surface area contributed by atoms with Crippen LogP contribution in [0.4, 0.5) is 0 Å². The predicted octanol–water partition coefficient (Wildman–Crippen LogP) is 2.15. The molecule has 1 atom stereocenters. The van der Waals surface area contributed by atoms with Crippen LogP contribution in [0.15, 0.2) is 36.4 Å². The van der Waals surface area contributed by atoms with Gasteiger partial charge in [-0.2, -0.15) is 0 Å². The van der Waals surface area contributed by atoms with Gasteiger partial charge in [0.25, 0.3) is 0 Å². The number of benzene rings is 2. The largest absolute Gasteiger partial charge is 0.298 e. The van der Waals surface area contributed by atoms with Crippen molar-refractivity contribution in [2.24, 2.45) is 0 Å². The Morgan fingerprint density at radius 2 is 1.69 bits per heavy atom. The lowest BCUT2D eigenvalue weighted by Gasteiger charge is -2.02. The first-order chi connectivity index (χ1) is 6.33. The third-order valence-corrected chi connectivity index (χ3v) is 2.62. The molecule has 0 fully saturated rings. The SMILES string of the molecule is O=Cc1ccc(P)c2ccccc12. The van der Waals surface area contributed by atoms with Crippen molar-refractivity contribution >= 4 is 31.6 Å². The van der Waals surface area contributed by atoms with Crippen molar-refractivity contribution in [2.75, 3.05) is 0 Å². The molecule has 2 heteroatoms. The highest BCUT2D eigenvalue weighted by atomic mass is 31.0. The number of carbonyl (C=O) groups is 1. The Labute approximate surface area is 79.0 Å². The van der Waals surface area contributed by atoms with E-state index in [0.29, 0.717) is 0 Å². The molecule has 2 rings (SSSR count). The second-order valence-electron chi connectivity index (χ2n) is 2.91. The third kappa shape index (κ3) is 1.36. The summed E-state index contributed by atoms with van der Waals surface area (Å²) in [5, 5.41) is 3.27. The summed E-state index contributed by atoms with van der Waals surface area (Å²) < 4.78 is 0. The van der Waals surface area contributed by atoms with E-state index in [1.165, 1.54) is 0 Å². The van der Waals surface area contributed by atoms with E-state index in [0.717, 1.165) is 27.9 Å². The fraction of sp³-hybridized carbons (Fsp3) is 0. The summed E-state index contributed by atoms with van der Waals surface area (Å²) in [7, 11) is 2.67. The van der Waals surface area contributed by atoms with E-state index in [9.17, 15) is 4.79 Å². The molecule has 0 heterocycles. The van der Waals surface area contributed by atoms with Crippen LogP contribution >= 0.6 is 9.24 Å². The Morgan fingerprint density at radius 3 is 2.38 bits per heavy atom. The maximum Gasteiger partial charge on any atom is 0.150 e. The number of rotatable bonds is 1. The van der Waals surface area contributed by atoms with Gasteiger partial charge in [0.2, 0.25) is 0 Å². The zero-order valence-electron chi connectivity index (χ0n) is 7.03. The van der Waals surface area contributed by atoms with Gasteiger partial charge in [0, 0.05) is 5.56 Å². The molecule has 0 aromatic heterocycles. The fourth-order valence-corrected chi connectivity index (χ4v) is 1.80. The van der Waals surface area contributed by atoms with Gasteiger partial charge in [-0.1, -0.05) is 36.4 Å². The van der Waals surface area contributed by atoms with Gasteiger partial charge in [-0.3, -0.25) is 4.79 Å². The summed E-state index contributed by atoms with van der Waals surface area (Å²) in [4.78, 5) is 10.7. The molecule has 2 aromatic rings. The molecule has 0 saturated heterocycles. The topological polar surface area (TPSA) is 17.1 Å². The van der Waals surface area contributed by atoms with E-state index in [1.54, 1.807) is 0 Å². The molecule has 0 aliphatic carbocycles. The molecule has 2 aromatic carbocycles. The van der Waals surface area contributed by atoms with Gasteiger partial charge < -0.3 is 0 Å². The van der Waals surface area contributed by atoms with Crippen LogP contribution in [0.25, 0.3) is 10.8 Å². The van der Waals surface area contributed by atoms with Gasteiger partial charge in [0.1, 0.15) is 0 Å². The van der Waals surface area contributed by atoms with E-state index < -0.39 is 0 Å². The molecule has 0 radical (unpaired) electrons. The summed E-state index contributed by atoms with van der Waals surface area (Å²) in [5.74, 6) is 0. The van der Waals surface area contributed by atoms with Gasteiger partial charge >= 0.3 is 0 Å². The second-order valence-corrected chi connectivity index (χ2v) is 3.53. The van der Waals surface area contributed by atoms with Crippen LogP contribution in [0, 0.1) is 0 Å². The first-order valence-electron chi connectivity index (χ1n) is 4.05. The highest BCUT2D eigenvalue weighted by molar-refractivity contribution is 7.28. The standard InChI is InChI=1S/C11H9OP/c12-7-8-5-6-11(13)10-4-2-1-3-9(8)10/h1-7H,13H2. The van der Waals surface area contributed by atoms with Gasteiger partial charge in [-0.25, -0.2) is 0 Å². The second kappa shape index (κ2) is 3.27. The average Bonchev–Trinajstić information content (AvgIpc) is 2.19. The molecule has 0 spiro atoms. The molecule has 0 aliphatic rings. The minimum absolute atomic E-state index is 0.752. The molecular formula is C11H9OP. The van der Waals surface area contributed by atoms with Crippen molar-refractivity contribution in [1.82, 2.24) is 0 Å². The molecule has 13 heavy (non-hydrogen) atoms. The van der Waals surface area contributed by atoms with Crippen molar-refractivity contribution in [3.05, 3.63) is 42.0 Å². The summed E-state index contributed by atoms with van der Waals surface area (Å²) >= 11 is 0. The molecule has 64 valence electrons. The number of hydrogen-bond acceptors (Lipinski definition) is 1. The maximum absolute atomic E-state index is 10.7. The van der Waals surface area contributed by atoms with E-state index in [4.69, 9.17) is 0 Å². The lowest BCUT2D eigenvalue weighted by molar-refractivity contribution is 0.112. The Hall–Kier alpha value is -1.20. The van der Waals surface area contributed by atoms with Gasteiger partial charge in [-0.15, -0.1) is 9.24 Å². The molecule has 1 nitrogen and oxygen atoms in total. The normalized spacial score (nSPS) is 10.2. The minimum atomic E-state index is 0.752. The Balaban J connectivity index is 2.92. The number of fused-ring (bicyclic) bond motifs is 1. The van der Waals surface area contributed by atoms with E-state index >= 15 is 0 Å². The smallest absolute Gasteiger partial charge is 0.150 e. The summed E-state index contributed by atoms with van der Waals surface area (Å²) in [6.45, 7) is 0. The van der Waals surface area contributed by atoms with Crippen LogP contribution in [-0.2, 0) is 0 Å². The molecule has 0 N–H and O–H groups in total. The van der Waals surface area contributed by atoms with Crippen LogP contribution in [0.2, 0.25) is 0 Å². The Kier molecular flexibility index (Phi) is 2.12. The van der Waals surface area contributed by atoms with Crippen LogP contribution < -0.4 is 5.30 Å². The predicted molar refractivity (Wildman–Crippen MR) is 58.7 cm³/mol. The Bertz CT molecular complexity index is 463. The molecule has 0 saturated carbocycles. The van der Waals surface area contributed by atoms with Crippen LogP contribution in [0.3, 0.4) is 0 Å². The highest BCUT2D eigenvalue weighted by Gasteiger charge is 2.00. The number of carbonyl (C=O) groups excluding carboxylic acids is 1. The average molecular weight is 188 g/mol. The van der Waals surface area contributed by atoms with Crippen molar-refractivity contribution in [3.8, 4) is 0 Å². The molecule has 0 aliphatic heterocycles. The maximum atomic E-state index is 10.7. The quantitative estimate of drug-likeness (QED) is 0.495. The first-order valence-corrected chi connectivity index (χ1v) is 4.63. The summed E-state index contributed by atoms with van der Waals surface area (Å²) in [5.41, 5.74) is 0.752. The summed E-state index contributed by atoms with van der Waals surface area (Å²) in [6.07, 6.45) is 0.895. The lowest BCUT2D eigenvalue weighted by Crippen LogP contribution is -1.95.